The van der Waals surface area contributed by atoms with Crippen molar-refractivity contribution in [3.05, 3.63) is 66.1 Å². The van der Waals surface area contributed by atoms with E-state index >= 15 is 4.39 Å². The first-order valence-corrected chi connectivity index (χ1v) is 14.3. The van der Waals surface area contributed by atoms with Crippen LogP contribution in [0, 0.1) is 5.82 Å². The summed E-state index contributed by atoms with van der Waals surface area (Å²) in [6.07, 6.45) is 3.79. The summed E-state index contributed by atoms with van der Waals surface area (Å²) in [6.45, 7) is 7.78. The summed E-state index contributed by atoms with van der Waals surface area (Å²) < 4.78 is 22.7. The summed E-state index contributed by atoms with van der Waals surface area (Å²) in [5.74, 6) is 0.654. The maximum atomic E-state index is 15.1. The number of piperidine rings is 1. The second-order valence-electron chi connectivity index (χ2n) is 10.5. The van der Waals surface area contributed by atoms with E-state index in [1.165, 1.54) is 11.6 Å². The van der Waals surface area contributed by atoms with Crippen LogP contribution in [0.3, 0.4) is 0 Å². The fourth-order valence-corrected chi connectivity index (χ4v) is 5.57. The topological polar surface area (TPSA) is 100 Å². The smallest absolute Gasteiger partial charge is 0.319 e. The first-order valence-electron chi connectivity index (χ1n) is 14.3. The number of rotatable bonds is 7. The quantitative estimate of drug-likeness (QED) is 0.346. The number of likely N-dealkylation sites (tertiary alicyclic amines) is 1. The van der Waals surface area contributed by atoms with Gasteiger partial charge in [-0.2, -0.15) is 5.10 Å². The zero-order valence-electron chi connectivity index (χ0n) is 23.2. The van der Waals surface area contributed by atoms with Gasteiger partial charge in [-0.25, -0.2) is 23.8 Å². The predicted molar refractivity (Wildman–Crippen MR) is 156 cm³/mol. The average molecular weight is 559 g/mol. The Morgan fingerprint density at radius 1 is 1.05 bits per heavy atom. The standard InChI is InChI=1S/C30H35FN8O2/c1-2-32-30(40)34-26-9-8-22(18-25(26)31)27-35-28(38-14-16-41-17-15-38)24-19-33-39(29(24)36-27)23-10-12-37(13-11-23)20-21-6-4-3-5-7-21/h3-9,18-19,23H,2,10-17,20H2,1H3,(H2,32,34,40). The molecule has 0 aliphatic carbocycles. The molecule has 11 heteroatoms. The highest BCUT2D eigenvalue weighted by molar-refractivity contribution is 5.90. The number of nitrogens with zero attached hydrogens (tertiary/aromatic N) is 6. The van der Waals surface area contributed by atoms with E-state index in [4.69, 9.17) is 19.8 Å². The van der Waals surface area contributed by atoms with Gasteiger partial charge in [0, 0.05) is 44.8 Å². The number of aromatic nitrogens is 4. The molecular weight excluding hydrogens is 523 g/mol. The third-order valence-corrected chi connectivity index (χ3v) is 7.71. The van der Waals surface area contributed by atoms with Gasteiger partial charge in [0.25, 0.3) is 0 Å². The maximum Gasteiger partial charge on any atom is 0.319 e. The third kappa shape index (κ3) is 6.01. The predicted octanol–water partition coefficient (Wildman–Crippen LogP) is 4.45. The molecule has 2 saturated heterocycles. The second kappa shape index (κ2) is 12.2. The number of benzene rings is 2. The number of nitrogens with one attached hydrogen (secondary N) is 2. The summed E-state index contributed by atoms with van der Waals surface area (Å²) >= 11 is 0. The Labute approximate surface area is 238 Å². The molecule has 2 aromatic carbocycles. The van der Waals surface area contributed by atoms with E-state index < -0.39 is 11.8 Å². The molecule has 41 heavy (non-hydrogen) atoms. The molecule has 0 spiro atoms. The number of hydrogen-bond acceptors (Lipinski definition) is 7. The number of anilines is 2. The van der Waals surface area contributed by atoms with Crippen LogP contribution in [0.15, 0.2) is 54.7 Å². The van der Waals surface area contributed by atoms with Crippen LogP contribution in [0.2, 0.25) is 0 Å². The van der Waals surface area contributed by atoms with Crippen LogP contribution < -0.4 is 15.5 Å². The van der Waals surface area contributed by atoms with Gasteiger partial charge >= 0.3 is 6.03 Å². The molecule has 10 nitrogen and oxygen atoms in total. The van der Waals surface area contributed by atoms with Crippen LogP contribution in [0.5, 0.6) is 0 Å². The van der Waals surface area contributed by atoms with Crippen molar-refractivity contribution in [3.8, 4) is 11.4 Å². The zero-order chi connectivity index (χ0) is 28.2. The summed E-state index contributed by atoms with van der Waals surface area (Å²) in [7, 11) is 0. The highest BCUT2D eigenvalue weighted by Crippen LogP contribution is 2.33. The third-order valence-electron chi connectivity index (χ3n) is 7.71. The van der Waals surface area contributed by atoms with Crippen molar-refractivity contribution in [2.45, 2.75) is 32.4 Å². The van der Waals surface area contributed by atoms with E-state index in [1.54, 1.807) is 19.1 Å². The van der Waals surface area contributed by atoms with Crippen LogP contribution in [0.4, 0.5) is 20.7 Å². The van der Waals surface area contributed by atoms with Gasteiger partial charge in [0.15, 0.2) is 11.5 Å². The highest BCUT2D eigenvalue weighted by Gasteiger charge is 2.26. The van der Waals surface area contributed by atoms with Crippen molar-refractivity contribution in [1.29, 1.82) is 0 Å². The SMILES string of the molecule is CCNC(=O)Nc1ccc(-c2nc(N3CCOCC3)c3cnn(C4CCN(Cc5ccccc5)CC4)c3n2)cc1F. The normalized spacial score (nSPS) is 16.7. The van der Waals surface area contributed by atoms with Crippen molar-refractivity contribution in [2.24, 2.45) is 0 Å². The molecule has 0 atom stereocenters. The van der Waals surface area contributed by atoms with Crippen LogP contribution in [-0.4, -0.2) is 76.6 Å². The molecule has 4 aromatic rings. The number of ether oxygens (including phenoxy) is 1. The minimum absolute atomic E-state index is 0.0986. The van der Waals surface area contributed by atoms with Crippen LogP contribution in [0.25, 0.3) is 22.4 Å². The Morgan fingerprint density at radius 2 is 1.83 bits per heavy atom. The fraction of sp³-hybridized carbons (Fsp3) is 0.400. The van der Waals surface area contributed by atoms with Crippen LogP contribution >= 0.6 is 0 Å². The molecule has 2 aliphatic rings. The van der Waals surface area contributed by atoms with E-state index in [9.17, 15) is 4.79 Å². The summed E-state index contributed by atoms with van der Waals surface area (Å²) in [5, 5.41) is 10.8. The van der Waals surface area contributed by atoms with E-state index in [-0.39, 0.29) is 11.7 Å². The van der Waals surface area contributed by atoms with E-state index in [1.807, 2.05) is 16.9 Å². The average Bonchev–Trinajstić information content (AvgIpc) is 3.43. The van der Waals surface area contributed by atoms with Gasteiger partial charge in [0.1, 0.15) is 11.6 Å². The summed E-state index contributed by atoms with van der Waals surface area (Å²) in [5.41, 5.74) is 2.71. The molecule has 0 bridgehead atoms. The fourth-order valence-electron chi connectivity index (χ4n) is 5.57. The Morgan fingerprint density at radius 3 is 2.56 bits per heavy atom. The number of urea groups is 1. The Kier molecular flexibility index (Phi) is 8.06. The van der Waals surface area contributed by atoms with Gasteiger partial charge in [-0.15, -0.1) is 0 Å². The van der Waals surface area contributed by atoms with E-state index in [0.717, 1.165) is 49.3 Å². The minimum atomic E-state index is -0.551. The molecule has 4 heterocycles. The lowest BCUT2D eigenvalue weighted by Gasteiger charge is -2.32. The molecule has 2 fully saturated rings. The molecule has 0 saturated carbocycles. The van der Waals surface area contributed by atoms with Crippen molar-refractivity contribution in [2.75, 3.05) is 56.2 Å². The molecule has 0 unspecified atom stereocenters. The van der Waals surface area contributed by atoms with E-state index in [2.05, 4.69) is 44.7 Å². The number of fused-ring (bicyclic) bond motifs is 1. The van der Waals surface area contributed by atoms with Gasteiger partial charge in [-0.05, 0) is 43.5 Å². The lowest BCUT2D eigenvalue weighted by Crippen LogP contribution is -2.37. The molecular formula is C30H35FN8O2. The number of hydrogen-bond donors (Lipinski definition) is 2. The largest absolute Gasteiger partial charge is 0.378 e. The Bertz CT molecular complexity index is 1500. The van der Waals surface area contributed by atoms with Gasteiger partial charge in [0.2, 0.25) is 0 Å². The molecule has 214 valence electrons. The number of halogens is 1. The van der Waals surface area contributed by atoms with Crippen molar-refractivity contribution >= 4 is 28.6 Å². The maximum absolute atomic E-state index is 15.1. The minimum Gasteiger partial charge on any atom is -0.378 e. The van der Waals surface area contributed by atoms with Crippen LogP contribution in [-0.2, 0) is 11.3 Å². The van der Waals surface area contributed by atoms with E-state index in [0.29, 0.717) is 44.2 Å². The Balaban J connectivity index is 1.30. The summed E-state index contributed by atoms with van der Waals surface area (Å²) in [6, 6.07) is 15.0. The monoisotopic (exact) mass is 558 g/mol. The highest BCUT2D eigenvalue weighted by atomic mass is 19.1. The second-order valence-corrected chi connectivity index (χ2v) is 10.5. The van der Waals surface area contributed by atoms with Crippen molar-refractivity contribution in [3.63, 3.8) is 0 Å². The number of amides is 2. The molecule has 2 N–H and O–H groups in total. The van der Waals surface area contributed by atoms with Gasteiger partial charge in [0.05, 0.1) is 36.5 Å². The molecule has 2 aliphatic heterocycles. The lowest BCUT2D eigenvalue weighted by molar-refractivity contribution is 0.122. The van der Waals surface area contributed by atoms with Gasteiger partial charge < -0.3 is 20.3 Å². The zero-order valence-corrected chi connectivity index (χ0v) is 23.2. The van der Waals surface area contributed by atoms with Gasteiger partial charge in [-0.3, -0.25) is 4.90 Å². The van der Waals surface area contributed by atoms with Crippen molar-refractivity contribution < 1.29 is 13.9 Å². The lowest BCUT2D eigenvalue weighted by atomic mass is 10.0. The molecule has 2 amide bonds. The first-order chi connectivity index (χ1) is 20.1. The molecule has 6 rings (SSSR count). The Hall–Kier alpha value is -4.09. The van der Waals surface area contributed by atoms with Crippen LogP contribution in [0.1, 0.15) is 31.4 Å². The summed E-state index contributed by atoms with van der Waals surface area (Å²) in [4.78, 5) is 26.4. The number of carbonyl (C=O) groups excluding carboxylic acids is 1. The molecule has 2 aromatic heterocycles. The number of morpholine rings is 1. The number of carbonyl (C=O) groups is 1. The molecule has 0 radical (unpaired) electrons. The first kappa shape index (κ1) is 27.1. The van der Waals surface area contributed by atoms with Crippen molar-refractivity contribution in [1.82, 2.24) is 30.0 Å². The van der Waals surface area contributed by atoms with Gasteiger partial charge in [-0.1, -0.05) is 30.3 Å².